The van der Waals surface area contributed by atoms with E-state index in [1.54, 1.807) is 9.80 Å². The van der Waals surface area contributed by atoms with Gasteiger partial charge >= 0.3 is 0 Å². The lowest BCUT2D eigenvalue weighted by Crippen LogP contribution is -2.51. The first-order valence-electron chi connectivity index (χ1n) is 8.83. The van der Waals surface area contributed by atoms with Crippen molar-refractivity contribution in [1.29, 1.82) is 0 Å². The van der Waals surface area contributed by atoms with Crippen molar-refractivity contribution < 1.29 is 14.0 Å². The van der Waals surface area contributed by atoms with Gasteiger partial charge in [-0.05, 0) is 23.6 Å². The Balaban J connectivity index is 1.26. The minimum Gasteiger partial charge on any atom is -0.411 e. The van der Waals surface area contributed by atoms with Crippen LogP contribution in [0.25, 0.3) is 11.5 Å². The quantitative estimate of drug-likeness (QED) is 0.598. The minimum absolute atomic E-state index is 0.00711. The molecule has 0 spiro atoms. The third-order valence-corrected chi connectivity index (χ3v) is 6.06. The second-order valence-electron chi connectivity index (χ2n) is 6.18. The normalized spacial score (nSPS) is 14.3. The van der Waals surface area contributed by atoms with Crippen molar-refractivity contribution in [1.82, 2.24) is 20.0 Å². The summed E-state index contributed by atoms with van der Waals surface area (Å²) in [6.45, 7) is 2.17. The number of rotatable bonds is 5. The molecule has 9 heteroatoms. The average molecular weight is 415 g/mol. The van der Waals surface area contributed by atoms with Crippen molar-refractivity contribution >= 4 is 34.9 Å². The molecule has 4 rings (SSSR count). The number of thioether (sulfide) groups is 1. The molecule has 1 fully saturated rings. The van der Waals surface area contributed by atoms with E-state index in [1.807, 2.05) is 47.8 Å². The number of aromatic nitrogens is 2. The average Bonchev–Trinajstić information content (AvgIpc) is 3.44. The predicted molar refractivity (Wildman–Crippen MR) is 107 cm³/mol. The molecule has 0 saturated carbocycles. The van der Waals surface area contributed by atoms with E-state index in [1.165, 1.54) is 23.1 Å². The second-order valence-corrected chi connectivity index (χ2v) is 8.05. The number of benzene rings is 1. The first-order chi connectivity index (χ1) is 13.7. The van der Waals surface area contributed by atoms with E-state index >= 15 is 0 Å². The van der Waals surface area contributed by atoms with E-state index in [0.29, 0.717) is 37.3 Å². The molecule has 0 bridgehead atoms. The summed E-state index contributed by atoms with van der Waals surface area (Å²) < 4.78 is 5.62. The summed E-state index contributed by atoms with van der Waals surface area (Å²) >= 11 is 2.67. The van der Waals surface area contributed by atoms with Crippen LogP contribution in [-0.4, -0.2) is 63.7 Å². The van der Waals surface area contributed by atoms with Crippen LogP contribution in [0.2, 0.25) is 0 Å². The molecule has 7 nitrogen and oxygen atoms in total. The van der Waals surface area contributed by atoms with Gasteiger partial charge in [-0.25, -0.2) is 0 Å². The minimum atomic E-state index is 0.00711. The number of thiophene rings is 1. The van der Waals surface area contributed by atoms with Gasteiger partial charge in [-0.15, -0.1) is 21.5 Å². The largest absolute Gasteiger partial charge is 0.411 e. The lowest BCUT2D eigenvalue weighted by Gasteiger charge is -2.34. The Morgan fingerprint density at radius 3 is 2.46 bits per heavy atom. The van der Waals surface area contributed by atoms with Gasteiger partial charge in [0.15, 0.2) is 0 Å². The molecule has 1 aliphatic heterocycles. The topological polar surface area (TPSA) is 79.5 Å². The van der Waals surface area contributed by atoms with Crippen molar-refractivity contribution in [2.45, 2.75) is 5.22 Å². The molecule has 1 aliphatic rings. The highest BCUT2D eigenvalue weighted by molar-refractivity contribution is 7.99. The van der Waals surface area contributed by atoms with E-state index in [2.05, 4.69) is 10.2 Å². The summed E-state index contributed by atoms with van der Waals surface area (Å²) in [7, 11) is 0. The molecule has 0 unspecified atom stereocenters. The number of hydrogen-bond acceptors (Lipinski definition) is 7. The standard InChI is InChI=1S/C19H18N4O3S2/c24-16(13-28-19-21-20-17(26-19)14-5-2-1-3-6-14)22-8-10-23(11-9-22)18(25)15-7-4-12-27-15/h1-7,12H,8-11,13H2. The zero-order valence-electron chi connectivity index (χ0n) is 15.0. The summed E-state index contributed by atoms with van der Waals surface area (Å²) in [5.41, 5.74) is 0.847. The Morgan fingerprint density at radius 1 is 1.00 bits per heavy atom. The maximum atomic E-state index is 12.5. The van der Waals surface area contributed by atoms with Crippen LogP contribution < -0.4 is 0 Å². The molecule has 1 saturated heterocycles. The Bertz CT molecular complexity index is 935. The zero-order valence-corrected chi connectivity index (χ0v) is 16.6. The van der Waals surface area contributed by atoms with Gasteiger partial charge in [0.25, 0.3) is 11.1 Å². The molecule has 2 aromatic heterocycles. The maximum absolute atomic E-state index is 12.5. The van der Waals surface area contributed by atoms with E-state index < -0.39 is 0 Å². The third-order valence-electron chi connectivity index (χ3n) is 4.40. The van der Waals surface area contributed by atoms with Crippen LogP contribution in [0.15, 0.2) is 57.5 Å². The molecule has 28 heavy (non-hydrogen) atoms. The zero-order chi connectivity index (χ0) is 19.3. The van der Waals surface area contributed by atoms with Gasteiger partial charge in [0.2, 0.25) is 11.8 Å². The first-order valence-corrected chi connectivity index (χ1v) is 10.7. The number of nitrogens with zero attached hydrogens (tertiary/aromatic N) is 4. The fourth-order valence-electron chi connectivity index (χ4n) is 2.90. The highest BCUT2D eigenvalue weighted by atomic mass is 32.2. The fourth-order valence-corrected chi connectivity index (χ4v) is 4.25. The summed E-state index contributed by atoms with van der Waals surface area (Å²) in [6, 6.07) is 13.2. The highest BCUT2D eigenvalue weighted by Crippen LogP contribution is 2.23. The molecule has 0 atom stereocenters. The molecule has 2 amide bonds. The number of piperazine rings is 1. The Hall–Kier alpha value is -2.65. The molecule has 0 N–H and O–H groups in total. The van der Waals surface area contributed by atoms with Crippen LogP contribution >= 0.6 is 23.1 Å². The Morgan fingerprint density at radius 2 is 1.75 bits per heavy atom. The van der Waals surface area contributed by atoms with Gasteiger partial charge in [-0.1, -0.05) is 36.0 Å². The van der Waals surface area contributed by atoms with Gasteiger partial charge in [0, 0.05) is 31.7 Å². The van der Waals surface area contributed by atoms with Crippen molar-refractivity contribution in [2.24, 2.45) is 0 Å². The summed E-state index contributed by atoms with van der Waals surface area (Å²) in [5, 5.41) is 10.3. The van der Waals surface area contributed by atoms with Crippen LogP contribution in [0.5, 0.6) is 0 Å². The molecule has 0 radical (unpaired) electrons. The summed E-state index contributed by atoms with van der Waals surface area (Å²) in [5.74, 6) is 0.717. The van der Waals surface area contributed by atoms with Gasteiger partial charge in [0.1, 0.15) is 0 Å². The fraction of sp³-hybridized carbons (Fsp3) is 0.263. The molecule has 144 valence electrons. The van der Waals surface area contributed by atoms with Crippen molar-refractivity contribution in [2.75, 3.05) is 31.9 Å². The van der Waals surface area contributed by atoms with Crippen LogP contribution in [-0.2, 0) is 4.79 Å². The van der Waals surface area contributed by atoms with Crippen molar-refractivity contribution in [3.8, 4) is 11.5 Å². The SMILES string of the molecule is O=C(CSc1nnc(-c2ccccc2)o1)N1CCN(C(=O)c2cccs2)CC1. The van der Waals surface area contributed by atoms with Gasteiger partial charge in [0.05, 0.1) is 10.6 Å². The van der Waals surface area contributed by atoms with E-state index in [9.17, 15) is 9.59 Å². The molecule has 3 aromatic rings. The second kappa shape index (κ2) is 8.57. The van der Waals surface area contributed by atoms with Crippen LogP contribution in [0.3, 0.4) is 0 Å². The lowest BCUT2D eigenvalue weighted by atomic mass is 10.2. The molecular formula is C19H18N4O3S2. The molecule has 1 aromatic carbocycles. The Kier molecular flexibility index (Phi) is 5.73. The first kappa shape index (κ1) is 18.7. The van der Waals surface area contributed by atoms with Crippen LogP contribution in [0.4, 0.5) is 0 Å². The molecule has 3 heterocycles. The summed E-state index contributed by atoms with van der Waals surface area (Å²) in [6.07, 6.45) is 0. The molecular weight excluding hydrogens is 396 g/mol. The van der Waals surface area contributed by atoms with Gasteiger partial charge in [-0.3, -0.25) is 9.59 Å². The van der Waals surface area contributed by atoms with Crippen LogP contribution in [0.1, 0.15) is 9.67 Å². The van der Waals surface area contributed by atoms with Gasteiger partial charge < -0.3 is 14.2 Å². The number of amides is 2. The number of hydrogen-bond donors (Lipinski definition) is 0. The number of carbonyl (C=O) groups is 2. The van der Waals surface area contributed by atoms with Gasteiger partial charge in [-0.2, -0.15) is 0 Å². The van der Waals surface area contributed by atoms with E-state index in [-0.39, 0.29) is 17.6 Å². The van der Waals surface area contributed by atoms with Crippen LogP contribution in [0, 0.1) is 0 Å². The van der Waals surface area contributed by atoms with E-state index in [0.717, 1.165) is 10.4 Å². The highest BCUT2D eigenvalue weighted by Gasteiger charge is 2.25. The summed E-state index contributed by atoms with van der Waals surface area (Å²) in [4.78, 5) is 29.1. The number of carbonyl (C=O) groups excluding carboxylic acids is 2. The molecule has 0 aliphatic carbocycles. The predicted octanol–water partition coefficient (Wildman–Crippen LogP) is 2.87. The maximum Gasteiger partial charge on any atom is 0.277 e. The third kappa shape index (κ3) is 4.26. The van der Waals surface area contributed by atoms with E-state index in [4.69, 9.17) is 4.42 Å². The lowest BCUT2D eigenvalue weighted by molar-refractivity contribution is -0.129. The van der Waals surface area contributed by atoms with Crippen molar-refractivity contribution in [3.05, 3.63) is 52.7 Å². The Labute approximate surface area is 170 Å². The van der Waals surface area contributed by atoms with Crippen molar-refractivity contribution in [3.63, 3.8) is 0 Å². The monoisotopic (exact) mass is 414 g/mol. The smallest absolute Gasteiger partial charge is 0.277 e.